The van der Waals surface area contributed by atoms with E-state index in [1.54, 1.807) is 0 Å². The fourth-order valence-electron chi connectivity index (χ4n) is 3.65. The van der Waals surface area contributed by atoms with Gasteiger partial charge in [0.25, 0.3) is 0 Å². The summed E-state index contributed by atoms with van der Waals surface area (Å²) in [5, 5.41) is 10.6. The fourth-order valence-corrected chi connectivity index (χ4v) is 3.65. The van der Waals surface area contributed by atoms with Gasteiger partial charge in [0.15, 0.2) is 0 Å². The summed E-state index contributed by atoms with van der Waals surface area (Å²) < 4.78 is 0. The fraction of sp³-hybridized carbons (Fsp3) is 0.684. The molecule has 1 saturated heterocycles. The molecule has 0 bridgehead atoms. The number of hydrogen-bond acceptors (Lipinski definition) is 2. The lowest BCUT2D eigenvalue weighted by molar-refractivity contribution is 0.114. The smallest absolute Gasteiger partial charge is 0.0919 e. The minimum Gasteiger partial charge on any atom is -0.387 e. The Labute approximate surface area is 130 Å². The number of hydrogen-bond donors (Lipinski definition) is 1. The molecule has 2 heteroatoms. The molecular formula is C19H31NO. The number of aliphatic hydroxyl groups excluding tert-OH is 1. The van der Waals surface area contributed by atoms with Gasteiger partial charge >= 0.3 is 0 Å². The van der Waals surface area contributed by atoms with Gasteiger partial charge in [0.05, 0.1) is 6.10 Å². The predicted octanol–water partition coefficient (Wildman–Crippen LogP) is 4.24. The van der Waals surface area contributed by atoms with Crippen LogP contribution in [0.15, 0.2) is 18.2 Å². The highest BCUT2D eigenvalue weighted by Crippen LogP contribution is 2.24. The van der Waals surface area contributed by atoms with E-state index in [1.807, 2.05) is 0 Å². The summed E-state index contributed by atoms with van der Waals surface area (Å²) in [6, 6.07) is 6.36. The normalized spacial score (nSPS) is 22.0. The molecule has 21 heavy (non-hydrogen) atoms. The molecule has 118 valence electrons. The van der Waals surface area contributed by atoms with Crippen LogP contribution in [0, 0.1) is 19.8 Å². The standard InChI is InChI=1S/C19H31NO/c1-4-6-17-7-5-11-20(12-10-17)14-19(21)18-9-8-15(2)13-16(18)3/h8-9,13,17,19,21H,4-7,10-12,14H2,1-3H3. The number of rotatable bonds is 5. The van der Waals surface area contributed by atoms with E-state index in [1.165, 1.54) is 43.2 Å². The molecular weight excluding hydrogens is 258 g/mol. The summed E-state index contributed by atoms with van der Waals surface area (Å²) >= 11 is 0. The molecule has 0 radical (unpaired) electrons. The topological polar surface area (TPSA) is 23.5 Å². The van der Waals surface area contributed by atoms with Crippen LogP contribution < -0.4 is 0 Å². The maximum Gasteiger partial charge on any atom is 0.0919 e. The van der Waals surface area contributed by atoms with E-state index < -0.39 is 0 Å². The second-order valence-corrected chi connectivity index (χ2v) is 6.76. The van der Waals surface area contributed by atoms with Gasteiger partial charge < -0.3 is 10.0 Å². The summed E-state index contributed by atoms with van der Waals surface area (Å²) in [6.45, 7) is 9.56. The van der Waals surface area contributed by atoms with Crippen molar-refractivity contribution in [2.24, 2.45) is 5.92 Å². The average Bonchev–Trinajstić information content (AvgIpc) is 2.65. The van der Waals surface area contributed by atoms with Crippen molar-refractivity contribution >= 4 is 0 Å². The van der Waals surface area contributed by atoms with Gasteiger partial charge in [-0.3, -0.25) is 0 Å². The van der Waals surface area contributed by atoms with E-state index in [0.717, 1.165) is 31.1 Å². The zero-order valence-electron chi connectivity index (χ0n) is 13.9. The van der Waals surface area contributed by atoms with Gasteiger partial charge in [-0.1, -0.05) is 43.5 Å². The Kier molecular flexibility index (Phi) is 6.25. The predicted molar refractivity (Wildman–Crippen MR) is 89.6 cm³/mol. The first-order valence-corrected chi connectivity index (χ1v) is 8.57. The second kappa shape index (κ2) is 7.95. The van der Waals surface area contributed by atoms with Crippen LogP contribution in [0.5, 0.6) is 0 Å². The molecule has 2 unspecified atom stereocenters. The Bertz CT molecular complexity index is 443. The van der Waals surface area contributed by atoms with E-state index in [9.17, 15) is 5.11 Å². The number of β-amino-alcohol motifs (C(OH)–C–C–N with tert-alkyl or cyclic N) is 1. The van der Waals surface area contributed by atoms with Gasteiger partial charge in [0.1, 0.15) is 0 Å². The van der Waals surface area contributed by atoms with Gasteiger partial charge in [-0.05, 0) is 63.2 Å². The van der Waals surface area contributed by atoms with E-state index in [-0.39, 0.29) is 6.10 Å². The van der Waals surface area contributed by atoms with Crippen LogP contribution >= 0.6 is 0 Å². The van der Waals surface area contributed by atoms with Gasteiger partial charge in [-0.2, -0.15) is 0 Å². The monoisotopic (exact) mass is 289 g/mol. The Morgan fingerprint density at radius 3 is 2.76 bits per heavy atom. The number of aliphatic hydroxyl groups is 1. The van der Waals surface area contributed by atoms with Crippen molar-refractivity contribution in [3.05, 3.63) is 34.9 Å². The Hall–Kier alpha value is -0.860. The van der Waals surface area contributed by atoms with Crippen LogP contribution in [0.3, 0.4) is 0 Å². The molecule has 0 saturated carbocycles. The van der Waals surface area contributed by atoms with Gasteiger partial charge in [0, 0.05) is 6.54 Å². The third kappa shape index (κ3) is 4.82. The lowest BCUT2D eigenvalue weighted by Crippen LogP contribution is -2.30. The molecule has 2 atom stereocenters. The van der Waals surface area contributed by atoms with Gasteiger partial charge in [-0.25, -0.2) is 0 Å². The SMILES string of the molecule is CCCC1CCCN(CC(O)c2ccc(C)cc2C)CC1. The molecule has 1 fully saturated rings. The number of aryl methyl sites for hydroxylation is 2. The zero-order chi connectivity index (χ0) is 15.2. The first-order chi connectivity index (χ1) is 10.1. The molecule has 0 aromatic heterocycles. The van der Waals surface area contributed by atoms with Crippen molar-refractivity contribution in [3.8, 4) is 0 Å². The summed E-state index contributed by atoms with van der Waals surface area (Å²) in [4.78, 5) is 2.46. The van der Waals surface area contributed by atoms with Crippen LogP contribution in [0.4, 0.5) is 0 Å². The number of benzene rings is 1. The number of likely N-dealkylation sites (tertiary alicyclic amines) is 1. The Morgan fingerprint density at radius 2 is 2.05 bits per heavy atom. The van der Waals surface area contributed by atoms with Gasteiger partial charge in [-0.15, -0.1) is 0 Å². The minimum atomic E-state index is -0.353. The lowest BCUT2D eigenvalue weighted by Gasteiger charge is -2.24. The van der Waals surface area contributed by atoms with Gasteiger partial charge in [0.2, 0.25) is 0 Å². The van der Waals surface area contributed by atoms with Crippen LogP contribution in [-0.4, -0.2) is 29.6 Å². The van der Waals surface area contributed by atoms with Crippen molar-refractivity contribution in [1.29, 1.82) is 0 Å². The summed E-state index contributed by atoms with van der Waals surface area (Å²) in [7, 11) is 0. The molecule has 0 amide bonds. The first-order valence-electron chi connectivity index (χ1n) is 8.57. The van der Waals surface area contributed by atoms with E-state index in [0.29, 0.717) is 0 Å². The molecule has 2 nitrogen and oxygen atoms in total. The van der Waals surface area contributed by atoms with Crippen LogP contribution in [-0.2, 0) is 0 Å². The molecule has 2 rings (SSSR count). The maximum absolute atomic E-state index is 10.6. The highest BCUT2D eigenvalue weighted by Gasteiger charge is 2.20. The van der Waals surface area contributed by atoms with Crippen LogP contribution in [0.25, 0.3) is 0 Å². The summed E-state index contributed by atoms with van der Waals surface area (Å²) in [6.07, 6.45) is 6.26. The van der Waals surface area contributed by atoms with Crippen molar-refractivity contribution in [2.75, 3.05) is 19.6 Å². The Morgan fingerprint density at radius 1 is 1.24 bits per heavy atom. The lowest BCUT2D eigenvalue weighted by atomic mass is 9.96. The van der Waals surface area contributed by atoms with Crippen molar-refractivity contribution in [1.82, 2.24) is 4.90 Å². The highest BCUT2D eigenvalue weighted by atomic mass is 16.3. The highest BCUT2D eigenvalue weighted by molar-refractivity contribution is 5.32. The molecule has 1 aliphatic rings. The zero-order valence-corrected chi connectivity index (χ0v) is 13.9. The van der Waals surface area contributed by atoms with Crippen LogP contribution in [0.2, 0.25) is 0 Å². The van der Waals surface area contributed by atoms with Crippen molar-refractivity contribution in [3.63, 3.8) is 0 Å². The van der Waals surface area contributed by atoms with E-state index in [4.69, 9.17) is 0 Å². The molecule has 1 aromatic carbocycles. The third-order valence-corrected chi connectivity index (χ3v) is 4.85. The summed E-state index contributed by atoms with van der Waals surface area (Å²) in [5.41, 5.74) is 3.57. The van der Waals surface area contributed by atoms with E-state index >= 15 is 0 Å². The average molecular weight is 289 g/mol. The quantitative estimate of drug-likeness (QED) is 0.876. The number of nitrogens with zero attached hydrogens (tertiary/aromatic N) is 1. The Balaban J connectivity index is 1.91. The van der Waals surface area contributed by atoms with Crippen LogP contribution in [0.1, 0.15) is 61.8 Å². The largest absolute Gasteiger partial charge is 0.387 e. The molecule has 0 spiro atoms. The van der Waals surface area contributed by atoms with Crippen molar-refractivity contribution < 1.29 is 5.11 Å². The molecule has 0 aliphatic carbocycles. The molecule has 1 aromatic rings. The first kappa shape index (κ1) is 16.5. The van der Waals surface area contributed by atoms with E-state index in [2.05, 4.69) is 43.9 Å². The van der Waals surface area contributed by atoms with Crippen molar-refractivity contribution in [2.45, 2.75) is 59.0 Å². The maximum atomic E-state index is 10.6. The minimum absolute atomic E-state index is 0.353. The molecule has 1 N–H and O–H groups in total. The second-order valence-electron chi connectivity index (χ2n) is 6.76. The molecule has 1 heterocycles. The molecule has 1 aliphatic heterocycles. The summed E-state index contributed by atoms with van der Waals surface area (Å²) in [5.74, 6) is 0.901. The third-order valence-electron chi connectivity index (χ3n) is 4.85.